The molecule has 28 heavy (non-hydrogen) atoms. The molecule has 3 aromatic rings. The number of ether oxygens (including phenoxy) is 1. The molecule has 4 nitrogen and oxygen atoms in total. The lowest BCUT2D eigenvalue weighted by Gasteiger charge is -2.11. The number of thiophene rings is 1. The standard InChI is InChI=1S/C22H22N2O2S2/c1-3-26-21(25)18-13-19(17-7-5-4-6-8-17)28-20(18)24-22(27)23-14-16-11-9-15(2)10-12-16/h4-13H,3,14H2,1-2H3,(H2,23,24,27). The predicted molar refractivity (Wildman–Crippen MR) is 120 cm³/mol. The molecule has 0 bridgehead atoms. The lowest BCUT2D eigenvalue weighted by atomic mass is 10.1. The highest BCUT2D eigenvalue weighted by atomic mass is 32.1. The molecular formula is C22H22N2O2S2. The van der Waals surface area contributed by atoms with Gasteiger partial charge in [-0.15, -0.1) is 11.3 Å². The van der Waals surface area contributed by atoms with Crippen molar-refractivity contribution in [3.63, 3.8) is 0 Å². The summed E-state index contributed by atoms with van der Waals surface area (Å²) in [5, 5.41) is 7.49. The first-order valence-electron chi connectivity index (χ1n) is 9.03. The SMILES string of the molecule is CCOC(=O)c1cc(-c2ccccc2)sc1NC(=S)NCc1ccc(C)cc1. The Morgan fingerprint density at radius 1 is 1.11 bits per heavy atom. The highest BCUT2D eigenvalue weighted by Gasteiger charge is 2.19. The second-order valence-corrected chi connectivity index (χ2v) is 7.69. The van der Waals surface area contributed by atoms with Gasteiger partial charge in [0.1, 0.15) is 5.00 Å². The minimum absolute atomic E-state index is 0.324. The van der Waals surface area contributed by atoms with Gasteiger partial charge in [0.15, 0.2) is 5.11 Å². The van der Waals surface area contributed by atoms with Crippen LogP contribution in [-0.4, -0.2) is 17.7 Å². The minimum Gasteiger partial charge on any atom is -0.462 e. The van der Waals surface area contributed by atoms with E-state index in [9.17, 15) is 4.79 Å². The Labute approximate surface area is 174 Å². The fraction of sp³-hybridized carbons (Fsp3) is 0.182. The number of benzene rings is 2. The van der Waals surface area contributed by atoms with Crippen molar-refractivity contribution in [3.05, 3.63) is 77.4 Å². The van der Waals surface area contributed by atoms with Gasteiger partial charge in [-0.3, -0.25) is 0 Å². The summed E-state index contributed by atoms with van der Waals surface area (Å²) < 4.78 is 5.20. The van der Waals surface area contributed by atoms with E-state index >= 15 is 0 Å². The largest absolute Gasteiger partial charge is 0.462 e. The van der Waals surface area contributed by atoms with Crippen molar-refractivity contribution in [1.82, 2.24) is 5.32 Å². The molecule has 2 N–H and O–H groups in total. The zero-order chi connectivity index (χ0) is 19.9. The third kappa shape index (κ3) is 5.18. The van der Waals surface area contributed by atoms with E-state index in [0.717, 1.165) is 16.0 Å². The summed E-state index contributed by atoms with van der Waals surface area (Å²) in [6.07, 6.45) is 0. The third-order valence-corrected chi connectivity index (χ3v) is 5.43. The number of thiocarbonyl (C=S) groups is 1. The summed E-state index contributed by atoms with van der Waals surface area (Å²) in [6.45, 7) is 4.79. The Morgan fingerprint density at radius 3 is 2.50 bits per heavy atom. The van der Waals surface area contributed by atoms with E-state index in [1.807, 2.05) is 36.4 Å². The van der Waals surface area contributed by atoms with Crippen LogP contribution in [0.1, 0.15) is 28.4 Å². The van der Waals surface area contributed by atoms with E-state index in [4.69, 9.17) is 17.0 Å². The van der Waals surface area contributed by atoms with Crippen LogP contribution in [0.4, 0.5) is 5.00 Å². The van der Waals surface area contributed by atoms with Crippen LogP contribution in [-0.2, 0) is 11.3 Å². The monoisotopic (exact) mass is 410 g/mol. The molecule has 0 aliphatic heterocycles. The number of carbonyl (C=O) groups is 1. The Hall–Kier alpha value is -2.70. The number of rotatable bonds is 6. The molecule has 0 radical (unpaired) electrons. The van der Waals surface area contributed by atoms with Crippen LogP contribution < -0.4 is 10.6 Å². The summed E-state index contributed by atoms with van der Waals surface area (Å²) in [6, 6.07) is 20.0. The van der Waals surface area contributed by atoms with E-state index in [-0.39, 0.29) is 5.97 Å². The van der Waals surface area contributed by atoms with Gasteiger partial charge in [0.2, 0.25) is 0 Å². The molecule has 0 aliphatic rings. The molecule has 2 aromatic carbocycles. The van der Waals surface area contributed by atoms with Crippen molar-refractivity contribution in [1.29, 1.82) is 0 Å². The van der Waals surface area contributed by atoms with Crippen molar-refractivity contribution in [2.75, 3.05) is 11.9 Å². The average Bonchev–Trinajstić information content (AvgIpc) is 3.12. The summed E-state index contributed by atoms with van der Waals surface area (Å²) in [7, 11) is 0. The number of esters is 1. The Bertz CT molecular complexity index is 950. The van der Waals surface area contributed by atoms with Gasteiger partial charge >= 0.3 is 5.97 Å². The van der Waals surface area contributed by atoms with Crippen molar-refractivity contribution in [3.8, 4) is 10.4 Å². The number of hydrogen-bond acceptors (Lipinski definition) is 4. The first kappa shape index (κ1) is 20.0. The van der Waals surface area contributed by atoms with E-state index in [1.54, 1.807) is 6.92 Å². The number of hydrogen-bond donors (Lipinski definition) is 2. The number of anilines is 1. The Morgan fingerprint density at radius 2 is 1.82 bits per heavy atom. The molecule has 1 heterocycles. The maximum atomic E-state index is 12.4. The van der Waals surface area contributed by atoms with Gasteiger partial charge in [-0.2, -0.15) is 0 Å². The second-order valence-electron chi connectivity index (χ2n) is 6.23. The van der Waals surface area contributed by atoms with Crippen molar-refractivity contribution < 1.29 is 9.53 Å². The number of aryl methyl sites for hydroxylation is 1. The van der Waals surface area contributed by atoms with Crippen LogP contribution in [0.3, 0.4) is 0 Å². The van der Waals surface area contributed by atoms with E-state index < -0.39 is 0 Å². The number of nitrogens with one attached hydrogen (secondary N) is 2. The summed E-state index contributed by atoms with van der Waals surface area (Å²) >= 11 is 6.91. The maximum Gasteiger partial charge on any atom is 0.341 e. The molecule has 0 saturated heterocycles. The van der Waals surface area contributed by atoms with Crippen LogP contribution in [0.2, 0.25) is 0 Å². The molecule has 0 unspecified atom stereocenters. The molecule has 0 atom stereocenters. The molecule has 3 rings (SSSR count). The van der Waals surface area contributed by atoms with Crippen molar-refractivity contribution in [2.24, 2.45) is 0 Å². The Balaban J connectivity index is 1.75. The topological polar surface area (TPSA) is 50.4 Å². The fourth-order valence-electron chi connectivity index (χ4n) is 2.62. The van der Waals surface area contributed by atoms with Gasteiger partial charge in [-0.1, -0.05) is 60.2 Å². The highest BCUT2D eigenvalue weighted by Crippen LogP contribution is 2.35. The van der Waals surface area contributed by atoms with E-state index in [1.165, 1.54) is 16.9 Å². The number of carbonyl (C=O) groups excluding carboxylic acids is 1. The molecule has 0 fully saturated rings. The van der Waals surface area contributed by atoms with Crippen LogP contribution in [0.25, 0.3) is 10.4 Å². The van der Waals surface area contributed by atoms with Gasteiger partial charge in [0.05, 0.1) is 12.2 Å². The molecular weight excluding hydrogens is 388 g/mol. The van der Waals surface area contributed by atoms with E-state index in [2.05, 4.69) is 41.8 Å². The zero-order valence-electron chi connectivity index (χ0n) is 15.8. The zero-order valence-corrected chi connectivity index (χ0v) is 17.5. The lowest BCUT2D eigenvalue weighted by Crippen LogP contribution is -2.28. The average molecular weight is 411 g/mol. The summed E-state index contributed by atoms with van der Waals surface area (Å²) in [5.74, 6) is -0.357. The molecule has 0 amide bonds. The minimum atomic E-state index is -0.357. The summed E-state index contributed by atoms with van der Waals surface area (Å²) in [5.41, 5.74) is 3.89. The second kappa shape index (κ2) is 9.48. The first-order valence-corrected chi connectivity index (χ1v) is 10.3. The highest BCUT2D eigenvalue weighted by molar-refractivity contribution is 7.80. The molecule has 6 heteroatoms. The molecule has 0 spiro atoms. The predicted octanol–water partition coefficient (Wildman–Crippen LogP) is 5.39. The van der Waals surface area contributed by atoms with Gasteiger partial charge in [-0.05, 0) is 43.3 Å². The van der Waals surface area contributed by atoms with Gasteiger partial charge in [0.25, 0.3) is 0 Å². The van der Waals surface area contributed by atoms with Crippen LogP contribution in [0, 0.1) is 6.92 Å². The molecule has 0 saturated carbocycles. The summed E-state index contributed by atoms with van der Waals surface area (Å²) in [4.78, 5) is 13.4. The first-order chi connectivity index (χ1) is 13.6. The molecule has 1 aromatic heterocycles. The van der Waals surface area contributed by atoms with Gasteiger partial charge in [-0.25, -0.2) is 4.79 Å². The molecule has 0 aliphatic carbocycles. The van der Waals surface area contributed by atoms with Crippen molar-refractivity contribution >= 4 is 39.6 Å². The third-order valence-electron chi connectivity index (χ3n) is 4.09. The quantitative estimate of drug-likeness (QED) is 0.422. The fourth-order valence-corrected chi connectivity index (χ4v) is 3.92. The van der Waals surface area contributed by atoms with Crippen LogP contribution in [0.15, 0.2) is 60.7 Å². The van der Waals surface area contributed by atoms with Crippen molar-refractivity contribution in [2.45, 2.75) is 20.4 Å². The lowest BCUT2D eigenvalue weighted by molar-refractivity contribution is 0.0528. The smallest absolute Gasteiger partial charge is 0.341 e. The normalized spacial score (nSPS) is 10.4. The Kier molecular flexibility index (Phi) is 6.79. The maximum absolute atomic E-state index is 12.4. The van der Waals surface area contributed by atoms with E-state index in [0.29, 0.717) is 28.8 Å². The van der Waals surface area contributed by atoms with Crippen LogP contribution in [0.5, 0.6) is 0 Å². The van der Waals surface area contributed by atoms with Crippen LogP contribution >= 0.6 is 23.6 Å². The van der Waals surface area contributed by atoms with Gasteiger partial charge in [0, 0.05) is 11.4 Å². The molecule has 144 valence electrons. The van der Waals surface area contributed by atoms with Gasteiger partial charge < -0.3 is 15.4 Å².